The van der Waals surface area contributed by atoms with Gasteiger partial charge in [0.05, 0.1) is 11.3 Å². The summed E-state index contributed by atoms with van der Waals surface area (Å²) in [7, 11) is 0. The number of alkyl halides is 3. The average Bonchev–Trinajstić information content (AvgIpc) is 2.99. The highest BCUT2D eigenvalue weighted by Crippen LogP contribution is 2.72. The number of ether oxygens (including phenoxy) is 1. The quantitative estimate of drug-likeness (QED) is 0.431. The summed E-state index contributed by atoms with van der Waals surface area (Å²) in [4.78, 5) is 38.0. The molecule has 4 aliphatic carbocycles. The Labute approximate surface area is 207 Å². The van der Waals surface area contributed by atoms with E-state index in [0.29, 0.717) is 6.42 Å². The van der Waals surface area contributed by atoms with Gasteiger partial charge in [0.25, 0.3) is 0 Å². The molecule has 0 aliphatic heterocycles. The molecular weight excluding hydrogens is 486 g/mol. The van der Waals surface area contributed by atoms with Crippen molar-refractivity contribution in [3.05, 3.63) is 23.8 Å². The number of hydrogen-bond donors (Lipinski definition) is 1. The molecule has 188 valence electrons. The molecule has 3 saturated carbocycles. The molecule has 4 rings (SSSR count). The van der Waals surface area contributed by atoms with Gasteiger partial charge in [-0.1, -0.05) is 38.6 Å². The van der Waals surface area contributed by atoms with Crippen LogP contribution in [0.3, 0.4) is 0 Å². The van der Waals surface area contributed by atoms with Gasteiger partial charge < -0.3 is 9.84 Å². The first-order chi connectivity index (χ1) is 15.8. The zero-order chi connectivity index (χ0) is 25.3. The standard InChI is InChI=1S/C25H31ClF2O5S/c1-5-20(31)33-25(21(32)34-12-26)13(2)8-15-16-10-18(27)17-9-14(29)6-7-22(17,3)24(16,28)19(30)11-23(15,25)4/h6-7,9,13,15-16,18-19,30H,5,8,10-12H2,1-4H3/t13-,15+,16-,18+,19+,22+,23+,24+,25+/m1/s1. The molecule has 9 heteroatoms. The van der Waals surface area contributed by atoms with Crippen LogP contribution in [0.4, 0.5) is 8.78 Å². The fraction of sp³-hybridized carbons (Fsp3) is 0.720. The monoisotopic (exact) mass is 516 g/mol. The van der Waals surface area contributed by atoms with Gasteiger partial charge >= 0.3 is 5.97 Å². The fourth-order valence-electron chi connectivity index (χ4n) is 7.63. The van der Waals surface area contributed by atoms with Crippen molar-refractivity contribution >= 4 is 40.2 Å². The van der Waals surface area contributed by atoms with Gasteiger partial charge in [-0.3, -0.25) is 14.4 Å². The van der Waals surface area contributed by atoms with Crippen molar-refractivity contribution in [1.82, 2.24) is 0 Å². The smallest absolute Gasteiger partial charge is 0.306 e. The summed E-state index contributed by atoms with van der Waals surface area (Å²) >= 11 is 6.69. The van der Waals surface area contributed by atoms with Crippen molar-refractivity contribution in [1.29, 1.82) is 0 Å². The lowest BCUT2D eigenvalue weighted by Gasteiger charge is -2.63. The van der Waals surface area contributed by atoms with E-state index in [1.165, 1.54) is 19.1 Å². The summed E-state index contributed by atoms with van der Waals surface area (Å²) in [6, 6.07) is 0. The Kier molecular flexibility index (Phi) is 6.39. The first-order valence-corrected chi connectivity index (χ1v) is 13.3. The first kappa shape index (κ1) is 25.8. The largest absolute Gasteiger partial charge is 0.449 e. The van der Waals surface area contributed by atoms with E-state index in [9.17, 15) is 19.5 Å². The van der Waals surface area contributed by atoms with E-state index < -0.39 is 69.0 Å². The van der Waals surface area contributed by atoms with Crippen LogP contribution in [0.15, 0.2) is 23.8 Å². The fourth-order valence-corrected chi connectivity index (χ4v) is 8.71. The normalized spacial score (nSPS) is 47.4. The Morgan fingerprint density at radius 1 is 1.29 bits per heavy atom. The second-order valence-electron chi connectivity index (χ2n) is 10.6. The second kappa shape index (κ2) is 8.41. The number of carbonyl (C=O) groups is 3. The highest BCUT2D eigenvalue weighted by atomic mass is 35.5. The van der Waals surface area contributed by atoms with E-state index in [-0.39, 0.29) is 30.0 Å². The molecule has 0 amide bonds. The second-order valence-corrected chi connectivity index (χ2v) is 12.1. The summed E-state index contributed by atoms with van der Waals surface area (Å²) in [6.07, 6.45) is 0.613. The van der Waals surface area contributed by atoms with Gasteiger partial charge in [-0.15, -0.1) is 11.6 Å². The summed E-state index contributed by atoms with van der Waals surface area (Å²) in [5.74, 6) is -2.95. The molecule has 3 fully saturated rings. The highest BCUT2D eigenvalue weighted by molar-refractivity contribution is 8.14. The van der Waals surface area contributed by atoms with Gasteiger partial charge in [-0.25, -0.2) is 8.78 Å². The number of fused-ring (bicyclic) bond motifs is 5. The number of rotatable bonds is 4. The maximum absolute atomic E-state index is 17.3. The van der Waals surface area contributed by atoms with Crippen molar-refractivity contribution in [3.8, 4) is 0 Å². The van der Waals surface area contributed by atoms with E-state index in [4.69, 9.17) is 16.3 Å². The Morgan fingerprint density at radius 2 is 1.97 bits per heavy atom. The molecule has 0 radical (unpaired) electrons. The molecular formula is C25H31ClF2O5S. The zero-order valence-corrected chi connectivity index (χ0v) is 21.3. The van der Waals surface area contributed by atoms with Crippen LogP contribution in [0, 0.1) is 28.6 Å². The molecule has 1 N–H and O–H groups in total. The third-order valence-electron chi connectivity index (χ3n) is 9.22. The molecule has 0 aromatic carbocycles. The molecule has 5 nitrogen and oxygen atoms in total. The summed E-state index contributed by atoms with van der Waals surface area (Å²) in [6.45, 7) is 6.69. The molecule has 4 aliphatic rings. The molecule has 0 spiro atoms. The Hall–Kier alpha value is -1.25. The van der Waals surface area contributed by atoms with E-state index >= 15 is 8.78 Å². The van der Waals surface area contributed by atoms with E-state index in [0.717, 1.165) is 17.8 Å². The number of thioether (sulfide) groups is 1. The number of aliphatic hydroxyl groups is 1. The number of allylic oxidation sites excluding steroid dienone is 4. The third kappa shape index (κ3) is 3.10. The summed E-state index contributed by atoms with van der Waals surface area (Å²) in [5, 5.41) is 11.0. The number of ketones is 1. The van der Waals surface area contributed by atoms with Crippen LogP contribution in [-0.2, 0) is 19.1 Å². The summed E-state index contributed by atoms with van der Waals surface area (Å²) in [5.41, 5.74) is -6.46. The number of halogens is 3. The lowest BCUT2D eigenvalue weighted by molar-refractivity contribution is -0.228. The van der Waals surface area contributed by atoms with Gasteiger partial charge in [0.1, 0.15) is 6.17 Å². The Balaban J connectivity index is 1.87. The number of hydrogen-bond acceptors (Lipinski definition) is 6. The minimum absolute atomic E-state index is 0.0462. The topological polar surface area (TPSA) is 80.7 Å². The predicted octanol–water partition coefficient (Wildman–Crippen LogP) is 4.70. The molecule has 0 heterocycles. The first-order valence-electron chi connectivity index (χ1n) is 11.7. The van der Waals surface area contributed by atoms with Crippen molar-refractivity contribution in [2.75, 3.05) is 5.21 Å². The third-order valence-corrected chi connectivity index (χ3v) is 10.2. The van der Waals surface area contributed by atoms with Gasteiger partial charge in [-0.05, 0) is 49.8 Å². The minimum Gasteiger partial charge on any atom is -0.449 e. The molecule has 0 unspecified atom stereocenters. The van der Waals surface area contributed by atoms with Gasteiger partial charge in [0, 0.05) is 29.1 Å². The number of carbonyl (C=O) groups excluding carboxylic acids is 3. The van der Waals surface area contributed by atoms with Crippen LogP contribution in [0.1, 0.15) is 53.4 Å². The molecule has 0 aromatic heterocycles. The van der Waals surface area contributed by atoms with Crippen LogP contribution >= 0.6 is 23.4 Å². The maximum atomic E-state index is 17.3. The van der Waals surface area contributed by atoms with Gasteiger partial charge in [0.2, 0.25) is 5.12 Å². The van der Waals surface area contributed by atoms with Crippen LogP contribution in [0.2, 0.25) is 0 Å². The molecule has 9 atom stereocenters. The summed E-state index contributed by atoms with van der Waals surface area (Å²) < 4.78 is 38.7. The molecule has 34 heavy (non-hydrogen) atoms. The van der Waals surface area contributed by atoms with Crippen LogP contribution < -0.4 is 0 Å². The van der Waals surface area contributed by atoms with E-state index in [1.54, 1.807) is 20.8 Å². The van der Waals surface area contributed by atoms with Gasteiger partial charge in [-0.2, -0.15) is 0 Å². The zero-order valence-electron chi connectivity index (χ0n) is 19.8. The Morgan fingerprint density at radius 3 is 2.59 bits per heavy atom. The van der Waals surface area contributed by atoms with E-state index in [1.807, 2.05) is 0 Å². The van der Waals surface area contributed by atoms with Crippen LogP contribution in [0.5, 0.6) is 0 Å². The van der Waals surface area contributed by atoms with Crippen LogP contribution in [0.25, 0.3) is 0 Å². The highest BCUT2D eigenvalue weighted by Gasteiger charge is 2.78. The molecule has 0 saturated heterocycles. The van der Waals surface area contributed by atoms with Crippen LogP contribution in [-0.4, -0.2) is 50.7 Å². The molecule has 0 aromatic rings. The Bertz CT molecular complexity index is 986. The van der Waals surface area contributed by atoms with Crippen molar-refractivity contribution < 1.29 is 33.0 Å². The molecule has 0 bridgehead atoms. The van der Waals surface area contributed by atoms with Crippen molar-refractivity contribution in [3.63, 3.8) is 0 Å². The lowest BCUT2D eigenvalue weighted by atomic mass is 9.44. The lowest BCUT2D eigenvalue weighted by Crippen LogP contribution is -2.70. The SMILES string of the molecule is CCC(=O)O[C@]1(C(=O)SCCl)[C@H](C)C[C@H]2[C@H]3C[C@H](F)C4=CC(=O)C=C[C@]4(C)[C@@]3(F)[C@@H](O)C[C@@]21C. The number of aliphatic hydroxyl groups excluding tert-OH is 1. The predicted molar refractivity (Wildman–Crippen MR) is 126 cm³/mol. The van der Waals surface area contributed by atoms with Crippen molar-refractivity contribution in [2.24, 2.45) is 28.6 Å². The number of esters is 1. The van der Waals surface area contributed by atoms with Gasteiger partial charge in [0.15, 0.2) is 17.1 Å². The maximum Gasteiger partial charge on any atom is 0.306 e. The average molecular weight is 517 g/mol. The minimum atomic E-state index is -2.25. The van der Waals surface area contributed by atoms with E-state index in [2.05, 4.69) is 0 Å². The van der Waals surface area contributed by atoms with Crippen molar-refractivity contribution in [2.45, 2.75) is 76.9 Å².